The number of amides is 12. The van der Waals surface area contributed by atoms with E-state index in [9.17, 15) is 41.9 Å². The van der Waals surface area contributed by atoms with E-state index in [-0.39, 0.29) is 83.1 Å². The highest BCUT2D eigenvalue weighted by molar-refractivity contribution is 6.01. The lowest BCUT2D eigenvalue weighted by Crippen LogP contribution is -2.65. The summed E-state index contributed by atoms with van der Waals surface area (Å²) in [7, 11) is 11.3. The van der Waals surface area contributed by atoms with Gasteiger partial charge in [-0.15, -0.1) is 0 Å². The molecule has 30 heteroatoms. The van der Waals surface area contributed by atoms with E-state index in [0.29, 0.717) is 70.1 Å². The lowest BCUT2D eigenvalue weighted by molar-refractivity contribution is -0.219. The van der Waals surface area contributed by atoms with Gasteiger partial charge in [0.1, 0.15) is 72.1 Å². The molecule has 4 saturated carbocycles. The lowest BCUT2D eigenvalue weighted by atomic mass is 9.76. The number of rotatable bonds is 14. The fourth-order valence-corrected chi connectivity index (χ4v) is 17.2. The zero-order valence-electron chi connectivity index (χ0n) is 64.9. The average molecular weight is 1510 g/mol. The maximum atomic E-state index is 15.7. The quantitative estimate of drug-likeness (QED) is 0.0994. The van der Waals surface area contributed by atoms with E-state index in [2.05, 4.69) is 22.9 Å². The zero-order chi connectivity index (χ0) is 78.4. The van der Waals surface area contributed by atoms with Gasteiger partial charge in [-0.25, -0.2) is 8.78 Å². The minimum absolute atomic E-state index is 0.0122. The Kier molecular flexibility index (Phi) is 31.2. The SMILES string of the molecule is CCCOC[C@H]1C(=O)N[C@@H]([C@@H](C)CC)C(=O)N(C)CC(=O)N(C)[C@H]2C/C=C\CCN(C2=O)[C@@H](CC2CCC(C)CC2)C(=O)N(C)CC(=O)N[C@@H](CCC2CC(F)C(C(F)(F)F)C(F)C2)C(=O)N2C[C@H](CC)C[C@H]2C(=O)NC2(CCCC2)C(=O)N(C)[C@@H](C2CCCC2)C(=O)N(C)[C@H](C(=O)N(C)C)CC(=O)N1C. The van der Waals surface area contributed by atoms with Gasteiger partial charge in [-0.05, 0) is 119 Å². The average Bonchev–Trinajstić information content (AvgIpc) is 1.51. The van der Waals surface area contributed by atoms with Crippen LogP contribution in [0.4, 0.5) is 22.0 Å². The molecule has 0 radical (unpaired) electrons. The third-order valence-corrected chi connectivity index (χ3v) is 24.2. The van der Waals surface area contributed by atoms with Crippen LogP contribution in [0.3, 0.4) is 0 Å². The number of nitrogens with zero attached hydrogens (tertiary/aromatic N) is 9. The Bertz CT molecular complexity index is 3110. The van der Waals surface area contributed by atoms with Crippen molar-refractivity contribution >= 4 is 70.9 Å². The van der Waals surface area contributed by atoms with Gasteiger partial charge in [0, 0.05) is 76.1 Å². The first-order valence-electron chi connectivity index (χ1n) is 38.9. The number of alkyl halides is 5. The van der Waals surface area contributed by atoms with Crippen LogP contribution in [0, 0.1) is 41.4 Å². The molecule has 6 fully saturated rings. The molecular formula is C76H121F5N12O13. The second-order valence-corrected chi connectivity index (χ2v) is 32.0. The number of hydrogen-bond donors (Lipinski definition) is 3. The van der Waals surface area contributed by atoms with Crippen molar-refractivity contribution in [3.8, 4) is 0 Å². The van der Waals surface area contributed by atoms with Gasteiger partial charge < -0.3 is 64.8 Å². The third kappa shape index (κ3) is 21.1. The predicted molar refractivity (Wildman–Crippen MR) is 385 cm³/mol. The molecule has 7 aliphatic rings. The zero-order valence-corrected chi connectivity index (χ0v) is 64.9. The van der Waals surface area contributed by atoms with Crippen molar-refractivity contribution in [3.05, 3.63) is 12.2 Å². The summed E-state index contributed by atoms with van der Waals surface area (Å²) in [6.07, 6.45) is -0.665. The van der Waals surface area contributed by atoms with Crippen molar-refractivity contribution < 1.29 is 84.2 Å². The van der Waals surface area contributed by atoms with Crippen molar-refractivity contribution in [1.29, 1.82) is 0 Å². The van der Waals surface area contributed by atoms with Crippen LogP contribution in [-0.2, 0) is 62.3 Å². The Morgan fingerprint density at radius 3 is 1.89 bits per heavy atom. The van der Waals surface area contributed by atoms with Crippen molar-refractivity contribution in [1.82, 2.24) is 60.0 Å². The molecule has 7 rings (SSSR count). The van der Waals surface area contributed by atoms with Gasteiger partial charge in [-0.2, -0.15) is 13.2 Å². The first-order chi connectivity index (χ1) is 50.0. The predicted octanol–water partition coefficient (Wildman–Crippen LogP) is 6.20. The minimum atomic E-state index is -5.16. The smallest absolute Gasteiger partial charge is 0.379 e. The van der Waals surface area contributed by atoms with E-state index in [4.69, 9.17) is 4.74 Å². The van der Waals surface area contributed by atoms with Crippen LogP contribution < -0.4 is 16.0 Å². The van der Waals surface area contributed by atoms with Crippen molar-refractivity contribution in [2.75, 3.05) is 95.8 Å². The number of carbonyl (C=O) groups excluding carboxylic acids is 12. The Labute approximate surface area is 623 Å². The number of nitrogens with one attached hydrogen (secondary N) is 3. The summed E-state index contributed by atoms with van der Waals surface area (Å²) in [6, 6.07) is -10.7. The Hall–Kier alpha value is -7.01. The lowest BCUT2D eigenvalue weighted by Gasteiger charge is -2.42. The van der Waals surface area contributed by atoms with Crippen LogP contribution >= 0.6 is 0 Å². The van der Waals surface area contributed by atoms with Crippen molar-refractivity contribution in [3.63, 3.8) is 0 Å². The molecule has 3 heterocycles. The summed E-state index contributed by atoms with van der Waals surface area (Å²) in [6.45, 7) is 7.94. The molecule has 2 saturated heterocycles. The maximum absolute atomic E-state index is 15.7. The number of carbonyl (C=O) groups is 12. The number of hydrogen-bond acceptors (Lipinski definition) is 13. The summed E-state index contributed by atoms with van der Waals surface area (Å²) in [5, 5.41) is 8.67. The standard InChI is InChI=1S/C76H121F5N12O13/c1-14-36-106-45-59-66(97)83-64(47(5)15-2)72(103)87(9)44-62(96)88(10)55-26-18-17-23-35-92(71(55)102)58(40-49-29-27-46(4)28-30-49)70(101)86(8)43-60(94)82-54(32-31-50-37-52(77)63(53(78)38-50)76(79,80)81)68(99)93-42-48(16-3)39-56(93)67(98)84-75(33-21-22-34-75)74(105)91(13)65(51-24-19-20-25-51)73(104)90(12)57(69(100)85(6)7)41-61(95)89(59)11/h17-18,46-59,63-65H,14-16,19-45H2,1-13H3,(H,82,94)(H,83,97)(H,84,98)/b18-17-/t46?,47-,48+,49?,50?,52?,53?,54-,55-,56-,57-,58-,59-,63?,64-,65-/m0/s1. The number of ether oxygens (including phenoxy) is 1. The molecule has 106 heavy (non-hydrogen) atoms. The summed E-state index contributed by atoms with van der Waals surface area (Å²) >= 11 is 0. The summed E-state index contributed by atoms with van der Waals surface area (Å²) in [5.74, 6) is -13.3. The van der Waals surface area contributed by atoms with Crippen LogP contribution in [-0.4, -0.2) is 283 Å². The molecule has 2 bridgehead atoms. The highest BCUT2D eigenvalue weighted by atomic mass is 19.4. The first-order valence-corrected chi connectivity index (χ1v) is 38.9. The third-order valence-electron chi connectivity index (χ3n) is 24.2. The minimum Gasteiger partial charge on any atom is -0.379 e. The van der Waals surface area contributed by atoms with Crippen LogP contribution in [0.2, 0.25) is 0 Å². The highest BCUT2D eigenvalue weighted by Crippen LogP contribution is 2.45. The van der Waals surface area contributed by atoms with Gasteiger partial charge in [0.2, 0.25) is 70.9 Å². The molecule has 598 valence electrons. The topological polar surface area (TPSA) is 279 Å². The second kappa shape index (κ2) is 38.4. The monoisotopic (exact) mass is 1500 g/mol. The fourth-order valence-electron chi connectivity index (χ4n) is 17.2. The molecule has 4 aliphatic carbocycles. The van der Waals surface area contributed by atoms with Gasteiger partial charge in [0.05, 0.1) is 26.1 Å². The van der Waals surface area contributed by atoms with Gasteiger partial charge >= 0.3 is 6.18 Å². The molecule has 1 spiro atoms. The van der Waals surface area contributed by atoms with E-state index in [1.165, 1.54) is 80.9 Å². The summed E-state index contributed by atoms with van der Waals surface area (Å²) < 4.78 is 78.8. The molecule has 12 amide bonds. The van der Waals surface area contributed by atoms with Crippen LogP contribution in [0.15, 0.2) is 12.2 Å². The fraction of sp³-hybridized carbons (Fsp3) is 0.816. The molecule has 0 aromatic rings. The Morgan fingerprint density at radius 2 is 1.29 bits per heavy atom. The number of fused-ring (bicyclic) bond motifs is 3. The van der Waals surface area contributed by atoms with Gasteiger partial charge in [0.15, 0.2) is 0 Å². The Morgan fingerprint density at radius 1 is 0.660 bits per heavy atom. The van der Waals surface area contributed by atoms with E-state index < -0.39 is 199 Å². The number of likely N-dealkylation sites (N-methyl/N-ethyl adjacent to an activating group) is 7. The molecule has 3 N–H and O–H groups in total. The van der Waals surface area contributed by atoms with Gasteiger partial charge in [0.25, 0.3) is 0 Å². The first kappa shape index (κ1) is 86.2. The molecule has 0 aromatic carbocycles. The molecule has 25 nitrogen and oxygen atoms in total. The molecular weight excluding hydrogens is 1380 g/mol. The number of halogens is 5. The summed E-state index contributed by atoms with van der Waals surface area (Å²) in [5.41, 5.74) is -1.64. The van der Waals surface area contributed by atoms with E-state index >= 15 is 37.5 Å². The van der Waals surface area contributed by atoms with E-state index in [1.807, 2.05) is 26.8 Å². The molecule has 2 unspecified atom stereocenters. The van der Waals surface area contributed by atoms with Crippen molar-refractivity contribution in [2.45, 2.75) is 261 Å². The second-order valence-electron chi connectivity index (χ2n) is 32.0. The molecule has 3 aliphatic heterocycles. The van der Waals surface area contributed by atoms with Gasteiger partial charge in [-0.3, -0.25) is 57.5 Å². The van der Waals surface area contributed by atoms with E-state index in [0.717, 1.165) is 45.3 Å². The molecule has 0 aromatic heterocycles. The maximum Gasteiger partial charge on any atom is 0.397 e. The summed E-state index contributed by atoms with van der Waals surface area (Å²) in [4.78, 5) is 193. The van der Waals surface area contributed by atoms with Gasteiger partial charge in [-0.1, -0.05) is 111 Å². The van der Waals surface area contributed by atoms with Crippen LogP contribution in [0.5, 0.6) is 0 Å². The van der Waals surface area contributed by atoms with Crippen LogP contribution in [0.1, 0.15) is 189 Å². The molecule has 12 atom stereocenters. The van der Waals surface area contributed by atoms with E-state index in [1.54, 1.807) is 13.0 Å². The largest absolute Gasteiger partial charge is 0.397 e. The van der Waals surface area contributed by atoms with Crippen LogP contribution in [0.25, 0.3) is 0 Å². The van der Waals surface area contributed by atoms with Crippen molar-refractivity contribution in [2.24, 2.45) is 41.4 Å². The normalized spacial score (nSPS) is 32.2. The Balaban J connectivity index is 1.32. The highest BCUT2D eigenvalue weighted by Gasteiger charge is 2.55.